The standard InChI is InChI=1S/C13H17ClN2O3.C2HF3O2/c1-2-19-13(17)11-7-10(15-8-12(11)14)9-16-3-5-18-6-4-16;3-2(4,5)1(6)7/h7-8H,2-6,9H2,1H3;(H,6,7). The molecule has 0 atom stereocenters. The minimum atomic E-state index is -5.08. The number of aromatic nitrogens is 1. The second-order valence-corrected chi connectivity index (χ2v) is 5.47. The van der Waals surface area contributed by atoms with Crippen molar-refractivity contribution in [2.24, 2.45) is 0 Å². The molecule has 1 saturated heterocycles. The number of morpholine rings is 1. The summed E-state index contributed by atoms with van der Waals surface area (Å²) in [6.07, 6.45) is -3.58. The number of hydrogen-bond acceptors (Lipinski definition) is 6. The van der Waals surface area contributed by atoms with Gasteiger partial charge in [-0.15, -0.1) is 0 Å². The Morgan fingerprint density at radius 2 is 1.96 bits per heavy atom. The smallest absolute Gasteiger partial charge is 0.475 e. The van der Waals surface area contributed by atoms with Gasteiger partial charge in [-0.05, 0) is 13.0 Å². The number of carboxylic acids is 1. The topological polar surface area (TPSA) is 89.0 Å². The number of halogens is 4. The highest BCUT2D eigenvalue weighted by atomic mass is 35.5. The number of hydrogen-bond donors (Lipinski definition) is 1. The third kappa shape index (κ3) is 7.54. The molecule has 0 spiro atoms. The lowest BCUT2D eigenvalue weighted by Gasteiger charge is -2.26. The molecule has 7 nitrogen and oxygen atoms in total. The van der Waals surface area contributed by atoms with Gasteiger partial charge in [-0.3, -0.25) is 9.88 Å². The quantitative estimate of drug-likeness (QED) is 0.779. The summed E-state index contributed by atoms with van der Waals surface area (Å²) in [5.74, 6) is -3.16. The van der Waals surface area contributed by atoms with Gasteiger partial charge in [-0.2, -0.15) is 13.2 Å². The number of carbonyl (C=O) groups is 2. The first-order chi connectivity index (χ1) is 12.1. The van der Waals surface area contributed by atoms with E-state index in [0.29, 0.717) is 23.7 Å². The molecule has 0 unspecified atom stereocenters. The summed E-state index contributed by atoms with van der Waals surface area (Å²) in [7, 11) is 0. The molecule has 0 radical (unpaired) electrons. The SMILES string of the molecule is CCOC(=O)c1cc(CN2CCOCC2)ncc1Cl.O=C(O)C(F)(F)F. The van der Waals surface area contributed by atoms with Crippen LogP contribution in [-0.4, -0.2) is 66.0 Å². The lowest BCUT2D eigenvalue weighted by atomic mass is 10.2. The van der Waals surface area contributed by atoms with E-state index in [-0.39, 0.29) is 0 Å². The molecule has 1 aliphatic heterocycles. The van der Waals surface area contributed by atoms with Gasteiger partial charge in [-0.1, -0.05) is 11.6 Å². The van der Waals surface area contributed by atoms with Crippen LogP contribution in [0, 0.1) is 0 Å². The Morgan fingerprint density at radius 1 is 1.38 bits per heavy atom. The summed E-state index contributed by atoms with van der Waals surface area (Å²) in [6.45, 7) is 6.00. The Morgan fingerprint density at radius 3 is 2.46 bits per heavy atom. The predicted octanol–water partition coefficient (Wildman–Crippen LogP) is 2.38. The van der Waals surface area contributed by atoms with Gasteiger partial charge in [0.15, 0.2) is 0 Å². The van der Waals surface area contributed by atoms with E-state index in [1.54, 1.807) is 13.0 Å². The molecule has 11 heteroatoms. The second kappa shape index (κ2) is 10.3. The Hall–Kier alpha value is -1.91. The Bertz CT molecular complexity index is 622. The minimum Gasteiger partial charge on any atom is -0.475 e. The molecule has 1 aromatic rings. The molecule has 1 fully saturated rings. The van der Waals surface area contributed by atoms with Crippen LogP contribution >= 0.6 is 11.6 Å². The third-order valence-corrected chi connectivity index (χ3v) is 3.44. The van der Waals surface area contributed by atoms with Gasteiger partial charge in [0.2, 0.25) is 0 Å². The maximum Gasteiger partial charge on any atom is 0.490 e. The highest BCUT2D eigenvalue weighted by molar-refractivity contribution is 6.33. The van der Waals surface area contributed by atoms with Gasteiger partial charge >= 0.3 is 18.1 Å². The van der Waals surface area contributed by atoms with Gasteiger partial charge in [0.05, 0.1) is 36.1 Å². The van der Waals surface area contributed by atoms with E-state index >= 15 is 0 Å². The van der Waals surface area contributed by atoms with Crippen molar-refractivity contribution >= 4 is 23.5 Å². The van der Waals surface area contributed by atoms with E-state index in [2.05, 4.69) is 9.88 Å². The van der Waals surface area contributed by atoms with Crippen molar-refractivity contribution in [2.75, 3.05) is 32.9 Å². The normalized spacial score (nSPS) is 15.0. The first kappa shape index (κ1) is 22.1. The lowest BCUT2D eigenvalue weighted by Crippen LogP contribution is -2.35. The Balaban J connectivity index is 0.000000412. The van der Waals surface area contributed by atoms with Crippen LogP contribution in [0.5, 0.6) is 0 Å². The second-order valence-electron chi connectivity index (χ2n) is 5.07. The van der Waals surface area contributed by atoms with Gasteiger partial charge in [0.1, 0.15) is 0 Å². The Labute approximate surface area is 152 Å². The molecular weight excluding hydrogens is 381 g/mol. The van der Waals surface area contributed by atoms with E-state index in [0.717, 1.165) is 32.0 Å². The zero-order valence-electron chi connectivity index (χ0n) is 13.9. The molecule has 0 bridgehead atoms. The summed E-state index contributed by atoms with van der Waals surface area (Å²) in [5.41, 5.74) is 1.19. The van der Waals surface area contributed by atoms with Gasteiger partial charge in [0.25, 0.3) is 0 Å². The average Bonchev–Trinajstić information content (AvgIpc) is 2.57. The highest BCUT2D eigenvalue weighted by Gasteiger charge is 2.38. The van der Waals surface area contributed by atoms with Crippen LogP contribution in [0.25, 0.3) is 0 Å². The first-order valence-corrected chi connectivity index (χ1v) is 7.94. The molecule has 2 heterocycles. The number of esters is 1. The summed E-state index contributed by atoms with van der Waals surface area (Å²) in [6, 6.07) is 1.70. The van der Waals surface area contributed by atoms with Crippen molar-refractivity contribution in [2.45, 2.75) is 19.6 Å². The third-order valence-electron chi connectivity index (χ3n) is 3.14. The van der Waals surface area contributed by atoms with E-state index in [1.807, 2.05) is 0 Å². The van der Waals surface area contributed by atoms with Crippen molar-refractivity contribution in [1.29, 1.82) is 0 Å². The maximum atomic E-state index is 11.7. The number of carbonyl (C=O) groups excluding carboxylic acids is 1. The molecule has 1 aromatic heterocycles. The van der Waals surface area contributed by atoms with E-state index in [1.165, 1.54) is 6.20 Å². The number of pyridine rings is 1. The zero-order valence-corrected chi connectivity index (χ0v) is 14.6. The average molecular weight is 399 g/mol. The van der Waals surface area contributed by atoms with Crippen molar-refractivity contribution in [3.63, 3.8) is 0 Å². The van der Waals surface area contributed by atoms with Crippen LogP contribution in [0.15, 0.2) is 12.3 Å². The molecule has 0 aliphatic carbocycles. The summed E-state index contributed by atoms with van der Waals surface area (Å²) in [4.78, 5) is 27.1. The largest absolute Gasteiger partial charge is 0.490 e. The Kier molecular flexibility index (Phi) is 8.76. The van der Waals surface area contributed by atoms with Gasteiger partial charge in [-0.25, -0.2) is 9.59 Å². The number of ether oxygens (including phenoxy) is 2. The number of alkyl halides is 3. The fourth-order valence-corrected chi connectivity index (χ4v) is 2.10. The first-order valence-electron chi connectivity index (χ1n) is 7.57. The van der Waals surface area contributed by atoms with E-state index in [4.69, 9.17) is 31.0 Å². The molecule has 1 N–H and O–H groups in total. The van der Waals surface area contributed by atoms with Crippen molar-refractivity contribution in [1.82, 2.24) is 9.88 Å². The molecular formula is C15H18ClF3N2O5. The molecule has 0 aromatic carbocycles. The maximum absolute atomic E-state index is 11.7. The molecule has 2 rings (SSSR count). The fourth-order valence-electron chi connectivity index (χ4n) is 1.92. The summed E-state index contributed by atoms with van der Waals surface area (Å²) < 4.78 is 42.0. The van der Waals surface area contributed by atoms with Crippen LogP contribution in [0.2, 0.25) is 5.02 Å². The summed E-state index contributed by atoms with van der Waals surface area (Å²) >= 11 is 5.97. The number of rotatable bonds is 4. The lowest BCUT2D eigenvalue weighted by molar-refractivity contribution is -0.192. The fraction of sp³-hybridized carbons (Fsp3) is 0.533. The molecule has 1 aliphatic rings. The van der Waals surface area contributed by atoms with Crippen LogP contribution < -0.4 is 0 Å². The monoisotopic (exact) mass is 398 g/mol. The molecule has 26 heavy (non-hydrogen) atoms. The predicted molar refractivity (Wildman–Crippen MR) is 85.0 cm³/mol. The minimum absolute atomic E-state index is 0.323. The van der Waals surface area contributed by atoms with Crippen LogP contribution in [0.1, 0.15) is 23.0 Å². The van der Waals surface area contributed by atoms with Crippen molar-refractivity contribution in [3.05, 3.63) is 28.5 Å². The summed E-state index contributed by atoms with van der Waals surface area (Å²) in [5, 5.41) is 7.45. The number of aliphatic carboxylic acids is 1. The molecule has 0 amide bonds. The van der Waals surface area contributed by atoms with Crippen molar-refractivity contribution in [3.8, 4) is 0 Å². The van der Waals surface area contributed by atoms with Crippen LogP contribution in [-0.2, 0) is 20.8 Å². The van der Waals surface area contributed by atoms with Gasteiger partial charge in [0, 0.05) is 25.8 Å². The van der Waals surface area contributed by atoms with E-state index < -0.39 is 18.1 Å². The van der Waals surface area contributed by atoms with Gasteiger partial charge < -0.3 is 14.6 Å². The number of nitrogens with zero attached hydrogens (tertiary/aromatic N) is 2. The van der Waals surface area contributed by atoms with Crippen LogP contribution in [0.4, 0.5) is 13.2 Å². The van der Waals surface area contributed by atoms with Crippen LogP contribution in [0.3, 0.4) is 0 Å². The highest BCUT2D eigenvalue weighted by Crippen LogP contribution is 2.18. The van der Waals surface area contributed by atoms with Crippen molar-refractivity contribution < 1.29 is 37.3 Å². The molecule has 146 valence electrons. The zero-order chi connectivity index (χ0) is 19.7. The number of carboxylic acid groups (broad SMARTS) is 1. The molecule has 0 saturated carbocycles. The van der Waals surface area contributed by atoms with E-state index in [9.17, 15) is 18.0 Å².